The Morgan fingerprint density at radius 3 is 2.27 bits per heavy atom. The SMILES string of the molecule is Cl.O=C(CCl)c1ccccc1. The van der Waals surface area contributed by atoms with E-state index in [-0.39, 0.29) is 24.1 Å². The molecule has 3 heteroatoms. The first-order valence-corrected chi connectivity index (χ1v) is 3.52. The van der Waals surface area contributed by atoms with Gasteiger partial charge in [0, 0.05) is 5.56 Å². The zero-order chi connectivity index (χ0) is 7.40. The zero-order valence-corrected chi connectivity index (χ0v) is 7.36. The lowest BCUT2D eigenvalue weighted by atomic mass is 10.2. The minimum absolute atomic E-state index is 0. The van der Waals surface area contributed by atoms with Gasteiger partial charge in [0.1, 0.15) is 0 Å². The van der Waals surface area contributed by atoms with Crippen molar-refractivity contribution in [1.29, 1.82) is 0 Å². The van der Waals surface area contributed by atoms with E-state index in [2.05, 4.69) is 0 Å². The van der Waals surface area contributed by atoms with Crippen molar-refractivity contribution >= 4 is 29.8 Å². The Balaban J connectivity index is 0.000001000. The third kappa shape index (κ3) is 2.91. The molecule has 0 amide bonds. The fourth-order valence-corrected chi connectivity index (χ4v) is 0.856. The first kappa shape index (κ1) is 10.5. The Morgan fingerprint density at radius 1 is 1.27 bits per heavy atom. The van der Waals surface area contributed by atoms with Crippen molar-refractivity contribution < 1.29 is 4.79 Å². The van der Waals surface area contributed by atoms with E-state index in [1.807, 2.05) is 18.2 Å². The van der Waals surface area contributed by atoms with Gasteiger partial charge in [0.05, 0.1) is 5.88 Å². The lowest BCUT2D eigenvalue weighted by Gasteiger charge is -1.92. The first-order chi connectivity index (χ1) is 4.84. The summed E-state index contributed by atoms with van der Waals surface area (Å²) in [5.41, 5.74) is 0.678. The number of benzene rings is 1. The van der Waals surface area contributed by atoms with Gasteiger partial charge in [-0.2, -0.15) is 0 Å². The van der Waals surface area contributed by atoms with Crippen molar-refractivity contribution in [3.63, 3.8) is 0 Å². The van der Waals surface area contributed by atoms with Crippen molar-refractivity contribution in [3.05, 3.63) is 35.9 Å². The molecule has 11 heavy (non-hydrogen) atoms. The lowest BCUT2D eigenvalue weighted by molar-refractivity contribution is 0.102. The van der Waals surface area contributed by atoms with Crippen LogP contribution in [0.1, 0.15) is 10.4 Å². The van der Waals surface area contributed by atoms with Crippen LogP contribution in [-0.4, -0.2) is 11.7 Å². The molecule has 0 unspecified atom stereocenters. The summed E-state index contributed by atoms with van der Waals surface area (Å²) in [5, 5.41) is 0. The molecule has 0 radical (unpaired) electrons. The summed E-state index contributed by atoms with van der Waals surface area (Å²) in [6.45, 7) is 0. The van der Waals surface area contributed by atoms with Gasteiger partial charge in [0.25, 0.3) is 0 Å². The van der Waals surface area contributed by atoms with Crippen LogP contribution in [0.2, 0.25) is 0 Å². The summed E-state index contributed by atoms with van der Waals surface area (Å²) in [4.78, 5) is 10.9. The van der Waals surface area contributed by atoms with Crippen LogP contribution in [0.15, 0.2) is 30.3 Å². The maximum Gasteiger partial charge on any atom is 0.177 e. The Bertz CT molecular complexity index is 221. The molecule has 0 atom stereocenters. The normalized spacial score (nSPS) is 8.45. The predicted molar refractivity (Wildman–Crippen MR) is 48.7 cm³/mol. The molecule has 1 aromatic carbocycles. The second kappa shape index (κ2) is 5.16. The highest BCUT2D eigenvalue weighted by atomic mass is 35.5. The van der Waals surface area contributed by atoms with Crippen molar-refractivity contribution in [2.45, 2.75) is 0 Å². The van der Waals surface area contributed by atoms with Crippen molar-refractivity contribution in [3.8, 4) is 0 Å². The molecule has 0 heterocycles. The number of alkyl halides is 1. The number of rotatable bonds is 2. The Morgan fingerprint density at radius 2 is 1.82 bits per heavy atom. The average molecular weight is 191 g/mol. The fraction of sp³-hybridized carbons (Fsp3) is 0.125. The van der Waals surface area contributed by atoms with Crippen molar-refractivity contribution in [1.82, 2.24) is 0 Å². The van der Waals surface area contributed by atoms with E-state index in [0.717, 1.165) is 0 Å². The van der Waals surface area contributed by atoms with Gasteiger partial charge in [-0.25, -0.2) is 0 Å². The summed E-state index contributed by atoms with van der Waals surface area (Å²) in [6.07, 6.45) is 0. The first-order valence-electron chi connectivity index (χ1n) is 2.99. The largest absolute Gasteiger partial charge is 0.293 e. The van der Waals surface area contributed by atoms with Gasteiger partial charge in [0.2, 0.25) is 0 Å². The predicted octanol–water partition coefficient (Wildman–Crippen LogP) is 2.53. The molecule has 0 aliphatic rings. The van der Waals surface area contributed by atoms with Gasteiger partial charge < -0.3 is 0 Å². The smallest absolute Gasteiger partial charge is 0.177 e. The molecule has 0 aliphatic carbocycles. The van der Waals surface area contributed by atoms with Crippen LogP contribution in [0, 0.1) is 0 Å². The van der Waals surface area contributed by atoms with E-state index in [0.29, 0.717) is 5.56 Å². The second-order valence-electron chi connectivity index (χ2n) is 1.92. The highest BCUT2D eigenvalue weighted by molar-refractivity contribution is 6.30. The maximum atomic E-state index is 10.9. The highest BCUT2D eigenvalue weighted by Gasteiger charge is 1.99. The summed E-state index contributed by atoms with van der Waals surface area (Å²) < 4.78 is 0. The van der Waals surface area contributed by atoms with Crippen LogP contribution in [0.25, 0.3) is 0 Å². The van der Waals surface area contributed by atoms with Gasteiger partial charge in [-0.1, -0.05) is 30.3 Å². The molecule has 0 bridgehead atoms. The van der Waals surface area contributed by atoms with Crippen LogP contribution in [-0.2, 0) is 0 Å². The topological polar surface area (TPSA) is 17.1 Å². The third-order valence-electron chi connectivity index (χ3n) is 1.22. The van der Waals surface area contributed by atoms with E-state index < -0.39 is 0 Å². The quantitative estimate of drug-likeness (QED) is 0.518. The molecule has 0 saturated carbocycles. The Hall–Kier alpha value is -0.530. The van der Waals surface area contributed by atoms with Crippen LogP contribution in [0.3, 0.4) is 0 Å². The minimum atomic E-state index is -0.0257. The Labute approximate surface area is 76.8 Å². The monoisotopic (exact) mass is 190 g/mol. The average Bonchev–Trinajstić information content (AvgIpc) is 2.05. The van der Waals surface area contributed by atoms with Crippen LogP contribution >= 0.6 is 24.0 Å². The van der Waals surface area contributed by atoms with Crippen LogP contribution in [0.4, 0.5) is 0 Å². The molecule has 0 aromatic heterocycles. The van der Waals surface area contributed by atoms with Gasteiger partial charge in [-0.05, 0) is 0 Å². The van der Waals surface area contributed by atoms with E-state index in [4.69, 9.17) is 11.6 Å². The van der Waals surface area contributed by atoms with Gasteiger partial charge in [-0.15, -0.1) is 24.0 Å². The molecule has 0 N–H and O–H groups in total. The molecule has 0 spiro atoms. The number of carbonyl (C=O) groups excluding carboxylic acids is 1. The molecule has 60 valence electrons. The standard InChI is InChI=1S/C8H7ClO.ClH/c9-6-8(10)7-4-2-1-3-5-7;/h1-5H,6H2;1H. The van der Waals surface area contributed by atoms with E-state index in [9.17, 15) is 4.79 Å². The number of halogens is 2. The molecular weight excluding hydrogens is 183 g/mol. The minimum Gasteiger partial charge on any atom is -0.293 e. The molecule has 1 rings (SSSR count). The molecular formula is C8H8Cl2O. The second-order valence-corrected chi connectivity index (χ2v) is 2.19. The van der Waals surface area contributed by atoms with Gasteiger partial charge >= 0.3 is 0 Å². The van der Waals surface area contributed by atoms with Crippen LogP contribution in [0.5, 0.6) is 0 Å². The van der Waals surface area contributed by atoms with Crippen molar-refractivity contribution in [2.24, 2.45) is 0 Å². The van der Waals surface area contributed by atoms with Crippen molar-refractivity contribution in [2.75, 3.05) is 5.88 Å². The summed E-state index contributed by atoms with van der Waals surface area (Å²) in [6, 6.07) is 9.01. The van der Waals surface area contributed by atoms with E-state index in [1.165, 1.54) is 0 Å². The van der Waals surface area contributed by atoms with E-state index >= 15 is 0 Å². The molecule has 1 nitrogen and oxygen atoms in total. The lowest BCUT2D eigenvalue weighted by Crippen LogP contribution is -1.98. The number of hydrogen-bond acceptors (Lipinski definition) is 1. The molecule has 1 aromatic rings. The maximum absolute atomic E-state index is 10.9. The zero-order valence-electron chi connectivity index (χ0n) is 5.79. The molecule has 0 fully saturated rings. The highest BCUT2D eigenvalue weighted by Crippen LogP contribution is 2.00. The third-order valence-corrected chi connectivity index (χ3v) is 1.46. The van der Waals surface area contributed by atoms with Gasteiger partial charge in [0.15, 0.2) is 5.78 Å². The summed E-state index contributed by atoms with van der Waals surface area (Å²) >= 11 is 5.34. The Kier molecular flexibility index (Phi) is 4.92. The van der Waals surface area contributed by atoms with Crippen LogP contribution < -0.4 is 0 Å². The number of carbonyl (C=O) groups is 1. The fourth-order valence-electron chi connectivity index (χ4n) is 0.701. The van der Waals surface area contributed by atoms with Gasteiger partial charge in [-0.3, -0.25) is 4.79 Å². The van der Waals surface area contributed by atoms with E-state index in [1.54, 1.807) is 12.1 Å². The number of Topliss-reactive ketones (excluding diaryl/α,β-unsaturated/α-hetero) is 1. The molecule has 0 aliphatic heterocycles. The summed E-state index contributed by atoms with van der Waals surface area (Å²) in [7, 11) is 0. The number of ketones is 1. The summed E-state index contributed by atoms with van der Waals surface area (Å²) in [5.74, 6) is 0.0339. The molecule has 0 saturated heterocycles. The number of hydrogen-bond donors (Lipinski definition) is 0.